The van der Waals surface area contributed by atoms with E-state index in [0.717, 1.165) is 55.5 Å². The highest BCUT2D eigenvalue weighted by atomic mass is 32.1. The lowest BCUT2D eigenvalue weighted by atomic mass is 9.84. The Balaban J connectivity index is 1.12. The number of para-hydroxylation sites is 3. The van der Waals surface area contributed by atoms with Gasteiger partial charge in [0, 0.05) is 48.1 Å². The Morgan fingerprint density at radius 2 is 1.04 bits per heavy atom. The first-order valence-corrected chi connectivity index (χ1v) is 18.0. The van der Waals surface area contributed by atoms with Crippen molar-refractivity contribution in [3.8, 4) is 27.9 Å². The Morgan fingerprint density at radius 3 is 1.78 bits per heavy atom. The minimum atomic E-state index is -0.612. The van der Waals surface area contributed by atoms with E-state index in [4.69, 9.17) is 6.85 Å². The fraction of sp³-hybridized carbons (Fsp3) is 0.0204. The molecule has 2 heterocycles. The van der Waals surface area contributed by atoms with Gasteiger partial charge in [0.25, 0.3) is 0 Å². The van der Waals surface area contributed by atoms with Gasteiger partial charge in [-0.2, -0.15) is 0 Å². The van der Waals surface area contributed by atoms with Crippen molar-refractivity contribution in [3.63, 3.8) is 0 Å². The summed E-state index contributed by atoms with van der Waals surface area (Å²) in [5, 5.41) is 4.81. The van der Waals surface area contributed by atoms with Gasteiger partial charge in [0.05, 0.1) is 17.9 Å². The molecule has 2 heteroatoms. The molecule has 10 rings (SSSR count). The third kappa shape index (κ3) is 4.99. The highest BCUT2D eigenvalue weighted by molar-refractivity contribution is 7.26. The topological polar surface area (TPSA) is 4.93 Å². The van der Waals surface area contributed by atoms with Gasteiger partial charge in [-0.25, -0.2) is 0 Å². The molecular weight excluding hydrogens is 635 g/mol. The van der Waals surface area contributed by atoms with E-state index in [-0.39, 0.29) is 29.7 Å². The van der Waals surface area contributed by atoms with Crippen LogP contribution in [0, 0.1) is 0 Å². The van der Waals surface area contributed by atoms with E-state index in [1.54, 1.807) is 11.3 Å². The van der Waals surface area contributed by atoms with Crippen molar-refractivity contribution in [1.82, 2.24) is 4.57 Å². The maximum atomic E-state index is 9.04. The van der Waals surface area contributed by atoms with Crippen molar-refractivity contribution < 1.29 is 6.85 Å². The second kappa shape index (κ2) is 12.3. The van der Waals surface area contributed by atoms with Gasteiger partial charge in [-0.1, -0.05) is 170 Å². The molecule has 0 amide bonds. The minimum Gasteiger partial charge on any atom is -0.309 e. The molecule has 0 bridgehead atoms. The quantitative estimate of drug-likeness (QED) is 0.155. The summed E-state index contributed by atoms with van der Waals surface area (Å²) in [6.45, 7) is 0. The van der Waals surface area contributed by atoms with Crippen LogP contribution in [0.25, 0.3) is 69.9 Å². The predicted octanol–water partition coefficient (Wildman–Crippen LogP) is 13.7. The maximum absolute atomic E-state index is 9.04. The van der Waals surface area contributed by atoms with Gasteiger partial charge in [0.1, 0.15) is 0 Å². The molecule has 0 N–H and O–H groups in total. The molecule has 51 heavy (non-hydrogen) atoms. The normalized spacial score (nSPS) is 13.6. The van der Waals surface area contributed by atoms with E-state index in [2.05, 4.69) is 138 Å². The number of hydrogen-bond donors (Lipinski definition) is 0. The van der Waals surface area contributed by atoms with Gasteiger partial charge < -0.3 is 4.57 Å². The first-order chi connectivity index (χ1) is 27.4. The first kappa shape index (κ1) is 24.8. The van der Waals surface area contributed by atoms with Gasteiger partial charge in [0.15, 0.2) is 0 Å². The molecule has 0 radical (unpaired) electrons. The van der Waals surface area contributed by atoms with Crippen LogP contribution < -0.4 is 0 Å². The summed E-state index contributed by atoms with van der Waals surface area (Å²) >= 11 is 1.79. The van der Waals surface area contributed by atoms with Gasteiger partial charge in [0.2, 0.25) is 0 Å². The molecule has 8 aromatic carbocycles. The van der Waals surface area contributed by atoms with E-state index in [9.17, 15) is 0 Å². The molecule has 0 fully saturated rings. The second-order valence-electron chi connectivity index (χ2n) is 12.9. The molecule has 0 saturated carbocycles. The van der Waals surface area contributed by atoms with Crippen LogP contribution in [0.15, 0.2) is 194 Å². The molecule has 0 aliphatic heterocycles. The molecule has 0 spiro atoms. The van der Waals surface area contributed by atoms with Crippen molar-refractivity contribution in [2.24, 2.45) is 0 Å². The van der Waals surface area contributed by atoms with Gasteiger partial charge in [-0.15, -0.1) is 11.3 Å². The van der Waals surface area contributed by atoms with Gasteiger partial charge in [-0.05, 0) is 57.6 Å². The third-order valence-electron chi connectivity index (χ3n) is 10.0. The van der Waals surface area contributed by atoms with Crippen LogP contribution in [-0.2, 0) is 0 Å². The largest absolute Gasteiger partial charge is 0.309 e. The highest BCUT2D eigenvalue weighted by Crippen LogP contribution is 2.42. The number of hydrogen-bond acceptors (Lipinski definition) is 1. The average molecular weight is 673 g/mol. The maximum Gasteiger partial charge on any atom is 0.0626 e. The van der Waals surface area contributed by atoms with Crippen LogP contribution in [0.1, 0.15) is 29.5 Å². The van der Waals surface area contributed by atoms with E-state index in [1.807, 2.05) is 30.3 Å². The van der Waals surface area contributed by atoms with Crippen molar-refractivity contribution >= 4 is 53.3 Å². The average Bonchev–Trinajstić information content (AvgIpc) is 3.81. The summed E-state index contributed by atoms with van der Waals surface area (Å²) in [7, 11) is 0. The predicted molar refractivity (Wildman–Crippen MR) is 218 cm³/mol. The Hall–Kier alpha value is -6.22. The molecule has 2 aromatic heterocycles. The van der Waals surface area contributed by atoms with Crippen molar-refractivity contribution in [1.29, 1.82) is 0 Å². The van der Waals surface area contributed by atoms with Crippen LogP contribution in [0.5, 0.6) is 0 Å². The summed E-state index contributed by atoms with van der Waals surface area (Å²) in [4.78, 5) is 0. The molecule has 1 atom stereocenters. The molecule has 1 unspecified atom stereocenters. The van der Waals surface area contributed by atoms with Crippen molar-refractivity contribution in [2.45, 2.75) is 5.92 Å². The minimum absolute atomic E-state index is 0.193. The number of benzene rings is 8. The first-order valence-electron chi connectivity index (χ1n) is 19.6. The third-order valence-corrected chi connectivity index (χ3v) is 11.3. The zero-order valence-electron chi connectivity index (χ0n) is 32.5. The molecule has 0 aliphatic rings. The monoisotopic (exact) mass is 672 g/mol. The fourth-order valence-electron chi connectivity index (χ4n) is 7.71. The Labute approximate surface area is 308 Å². The highest BCUT2D eigenvalue weighted by Gasteiger charge is 2.20. The lowest BCUT2D eigenvalue weighted by molar-refractivity contribution is 0.978. The Morgan fingerprint density at radius 1 is 0.451 bits per heavy atom. The molecule has 0 aliphatic carbocycles. The molecular formula is C49H33NS. The molecule has 240 valence electrons. The number of aromatic nitrogens is 1. The van der Waals surface area contributed by atoms with Gasteiger partial charge in [-0.3, -0.25) is 0 Å². The van der Waals surface area contributed by atoms with Crippen LogP contribution >= 0.6 is 11.3 Å². The van der Waals surface area contributed by atoms with E-state index in [0.29, 0.717) is 0 Å². The summed E-state index contributed by atoms with van der Waals surface area (Å²) in [5.74, 6) is -0.612. The van der Waals surface area contributed by atoms with Gasteiger partial charge >= 0.3 is 0 Å². The lowest BCUT2D eigenvalue weighted by Gasteiger charge is -2.20. The SMILES string of the molecule is [2H]c1c([2H])c([2H])c(C(c2ccc(-c3cccc4c3sc3ccccc34)cc2)c2ccc(-c3cccc4c5ccccc5n(-c5ccccc5)c34)cc2)c([2H])c1[2H]. The number of fused-ring (bicyclic) bond motifs is 6. The van der Waals surface area contributed by atoms with Crippen LogP contribution in [0.4, 0.5) is 0 Å². The Kier molecular flexibility index (Phi) is 5.98. The smallest absolute Gasteiger partial charge is 0.0626 e. The van der Waals surface area contributed by atoms with Crippen molar-refractivity contribution in [3.05, 3.63) is 211 Å². The number of rotatable bonds is 6. The van der Waals surface area contributed by atoms with E-state index in [1.165, 1.54) is 25.6 Å². The van der Waals surface area contributed by atoms with Crippen LogP contribution in [0.2, 0.25) is 0 Å². The number of nitrogens with zero attached hydrogens (tertiary/aromatic N) is 1. The summed E-state index contributed by atoms with van der Waals surface area (Å²) in [6.07, 6.45) is 0. The zero-order chi connectivity index (χ0) is 38.1. The van der Waals surface area contributed by atoms with E-state index >= 15 is 0 Å². The molecule has 1 nitrogen and oxygen atoms in total. The number of thiophene rings is 1. The van der Waals surface area contributed by atoms with Crippen molar-refractivity contribution in [2.75, 3.05) is 0 Å². The van der Waals surface area contributed by atoms with Crippen LogP contribution in [0.3, 0.4) is 0 Å². The standard InChI is InChI=1S/C49H33NS/c1-3-13-35(14-4-1)47(37-31-27-34(28-32-37)40-20-12-22-44-42-18-8-10-24-46(42)51-49(40)44)36-29-25-33(26-30-36)39-19-11-21-43-41-17-7-9-23-45(41)50(48(39)43)38-15-5-2-6-16-38/h1-32,47H/i1D,3D,4D,13D,14D. The van der Waals surface area contributed by atoms with Crippen LogP contribution in [-0.4, -0.2) is 4.57 Å². The Bertz CT molecular complexity index is 3100. The second-order valence-corrected chi connectivity index (χ2v) is 13.9. The molecule has 0 saturated heterocycles. The molecule has 10 aromatic rings. The fourth-order valence-corrected chi connectivity index (χ4v) is 8.95. The van der Waals surface area contributed by atoms with E-state index < -0.39 is 12.0 Å². The lowest BCUT2D eigenvalue weighted by Crippen LogP contribution is -2.03. The zero-order valence-corrected chi connectivity index (χ0v) is 28.3. The summed E-state index contributed by atoms with van der Waals surface area (Å²) in [5.41, 5.74) is 9.55. The summed E-state index contributed by atoms with van der Waals surface area (Å²) in [6, 6.07) is 55.3. The summed E-state index contributed by atoms with van der Waals surface area (Å²) < 4.78 is 48.3.